The Bertz CT molecular complexity index is 748. The Kier molecular flexibility index (Phi) is 5.21. The summed E-state index contributed by atoms with van der Waals surface area (Å²) in [4.78, 5) is 16.1. The van der Waals surface area contributed by atoms with Crippen LogP contribution in [0.5, 0.6) is 0 Å². The molecule has 23 heavy (non-hydrogen) atoms. The van der Waals surface area contributed by atoms with Crippen molar-refractivity contribution in [3.63, 3.8) is 0 Å². The van der Waals surface area contributed by atoms with Crippen LogP contribution in [-0.4, -0.2) is 25.9 Å². The van der Waals surface area contributed by atoms with E-state index >= 15 is 0 Å². The summed E-state index contributed by atoms with van der Waals surface area (Å²) in [5.74, 6) is -0.187. The summed E-state index contributed by atoms with van der Waals surface area (Å²) in [6.45, 7) is 5.38. The van der Waals surface area contributed by atoms with Crippen LogP contribution in [0.1, 0.15) is 31.6 Å². The zero-order valence-electron chi connectivity index (χ0n) is 13.3. The molecule has 0 fully saturated rings. The summed E-state index contributed by atoms with van der Waals surface area (Å²) in [6.07, 6.45) is 3.12. The van der Waals surface area contributed by atoms with Gasteiger partial charge < -0.3 is 5.32 Å². The van der Waals surface area contributed by atoms with Crippen LogP contribution in [0.15, 0.2) is 46.2 Å². The molecule has 0 aliphatic heterocycles. The molecule has 7 heteroatoms. The van der Waals surface area contributed by atoms with E-state index in [1.165, 1.54) is 17.5 Å². The third-order valence-electron chi connectivity index (χ3n) is 3.34. The molecule has 1 atom stereocenters. The predicted molar refractivity (Wildman–Crippen MR) is 90.9 cm³/mol. The molecular weight excluding hydrogens is 332 g/mol. The Hall–Kier alpha value is -1.73. The summed E-state index contributed by atoms with van der Waals surface area (Å²) < 4.78 is 26.1. The third kappa shape index (κ3) is 4.17. The maximum Gasteiger partial charge on any atom is 0.225 e. The summed E-state index contributed by atoms with van der Waals surface area (Å²) in [5.41, 5.74) is -0.0123. The molecule has 2 rings (SSSR count). The standard InChI is InChI=1S/C16H20N2O3S2/c1-16(2,3)15(19)18-11-13(12-6-4-8-17-10-12)23(20,21)14-7-5-9-22-14/h4-10,13H,11H2,1-3H3,(H,18,19). The fourth-order valence-corrected chi connectivity index (χ4v) is 4.84. The van der Waals surface area contributed by atoms with E-state index in [0.29, 0.717) is 5.56 Å². The first kappa shape index (κ1) is 17.6. The SMILES string of the molecule is CC(C)(C)C(=O)NCC(c1cccnc1)S(=O)(=O)c1cccs1. The van der Waals surface area contributed by atoms with E-state index in [9.17, 15) is 13.2 Å². The average Bonchev–Trinajstić information content (AvgIpc) is 3.02. The topological polar surface area (TPSA) is 76.1 Å². The van der Waals surface area contributed by atoms with Gasteiger partial charge in [-0.25, -0.2) is 8.42 Å². The quantitative estimate of drug-likeness (QED) is 0.898. The summed E-state index contributed by atoms with van der Waals surface area (Å²) >= 11 is 1.17. The first-order valence-corrected chi connectivity index (χ1v) is 9.61. The molecule has 2 heterocycles. The van der Waals surface area contributed by atoms with Crippen LogP contribution in [0.25, 0.3) is 0 Å². The van der Waals surface area contributed by atoms with Crippen LogP contribution in [0.4, 0.5) is 0 Å². The van der Waals surface area contributed by atoms with E-state index in [0.717, 1.165) is 0 Å². The van der Waals surface area contributed by atoms with Crippen LogP contribution in [-0.2, 0) is 14.6 Å². The molecule has 0 aliphatic rings. The minimum atomic E-state index is -3.59. The van der Waals surface area contributed by atoms with Crippen molar-refractivity contribution in [1.82, 2.24) is 10.3 Å². The van der Waals surface area contributed by atoms with Crippen molar-refractivity contribution in [2.45, 2.75) is 30.2 Å². The second-order valence-corrected chi connectivity index (χ2v) is 9.52. The van der Waals surface area contributed by atoms with Crippen molar-refractivity contribution in [3.05, 3.63) is 47.6 Å². The van der Waals surface area contributed by atoms with Gasteiger partial charge in [0.1, 0.15) is 9.46 Å². The van der Waals surface area contributed by atoms with Crippen molar-refractivity contribution in [3.8, 4) is 0 Å². The van der Waals surface area contributed by atoms with Gasteiger partial charge in [-0.2, -0.15) is 0 Å². The van der Waals surface area contributed by atoms with Gasteiger partial charge in [0.2, 0.25) is 5.91 Å². The van der Waals surface area contributed by atoms with E-state index in [4.69, 9.17) is 0 Å². The molecule has 0 saturated heterocycles. The van der Waals surface area contributed by atoms with Gasteiger partial charge in [-0.1, -0.05) is 32.9 Å². The van der Waals surface area contributed by atoms with Gasteiger partial charge in [-0.15, -0.1) is 11.3 Å². The van der Waals surface area contributed by atoms with E-state index in [1.807, 2.05) is 0 Å². The zero-order valence-corrected chi connectivity index (χ0v) is 14.9. The Labute approximate surface area is 140 Å². The lowest BCUT2D eigenvalue weighted by molar-refractivity contribution is -0.128. The number of hydrogen-bond donors (Lipinski definition) is 1. The van der Waals surface area contributed by atoms with Gasteiger partial charge >= 0.3 is 0 Å². The highest BCUT2D eigenvalue weighted by Gasteiger charge is 2.32. The Morgan fingerprint density at radius 2 is 2.04 bits per heavy atom. The first-order chi connectivity index (χ1) is 10.7. The lowest BCUT2D eigenvalue weighted by Crippen LogP contribution is -2.38. The number of aromatic nitrogens is 1. The number of nitrogens with one attached hydrogen (secondary N) is 1. The summed E-state index contributed by atoms with van der Waals surface area (Å²) in [5, 5.41) is 3.61. The van der Waals surface area contributed by atoms with E-state index < -0.39 is 20.5 Å². The molecule has 1 unspecified atom stereocenters. The molecule has 0 spiro atoms. The number of rotatable bonds is 5. The average molecular weight is 352 g/mol. The molecule has 0 bridgehead atoms. The number of nitrogens with zero attached hydrogens (tertiary/aromatic N) is 1. The highest BCUT2D eigenvalue weighted by molar-refractivity contribution is 7.93. The maximum atomic E-state index is 12.9. The van der Waals surface area contributed by atoms with Crippen molar-refractivity contribution in [1.29, 1.82) is 0 Å². The maximum absolute atomic E-state index is 12.9. The van der Waals surface area contributed by atoms with Gasteiger partial charge in [-0.3, -0.25) is 9.78 Å². The number of sulfone groups is 1. The molecule has 0 radical (unpaired) electrons. The number of pyridine rings is 1. The number of hydrogen-bond acceptors (Lipinski definition) is 5. The van der Waals surface area contributed by atoms with Crippen LogP contribution in [0.2, 0.25) is 0 Å². The number of carbonyl (C=O) groups is 1. The lowest BCUT2D eigenvalue weighted by atomic mass is 9.95. The number of amides is 1. The smallest absolute Gasteiger partial charge is 0.225 e. The molecule has 5 nitrogen and oxygen atoms in total. The predicted octanol–water partition coefficient (Wildman–Crippen LogP) is 2.82. The Morgan fingerprint density at radius 3 is 2.57 bits per heavy atom. The van der Waals surface area contributed by atoms with Gasteiger partial charge in [-0.05, 0) is 23.1 Å². The molecule has 2 aromatic rings. The van der Waals surface area contributed by atoms with Gasteiger partial charge in [0.15, 0.2) is 9.84 Å². The van der Waals surface area contributed by atoms with Crippen LogP contribution in [0.3, 0.4) is 0 Å². The second kappa shape index (κ2) is 6.80. The Balaban J connectivity index is 2.33. The fourth-order valence-electron chi connectivity index (χ4n) is 1.99. The van der Waals surface area contributed by atoms with Crippen LogP contribution in [0, 0.1) is 5.41 Å². The highest BCUT2D eigenvalue weighted by atomic mass is 32.2. The Morgan fingerprint density at radius 1 is 1.30 bits per heavy atom. The van der Waals surface area contributed by atoms with Crippen LogP contribution < -0.4 is 5.32 Å². The van der Waals surface area contributed by atoms with Gasteiger partial charge in [0, 0.05) is 24.4 Å². The van der Waals surface area contributed by atoms with Crippen molar-refractivity contribution in [2.24, 2.45) is 5.41 Å². The summed E-state index contributed by atoms with van der Waals surface area (Å²) in [7, 11) is -3.59. The molecule has 0 aliphatic carbocycles. The molecule has 2 aromatic heterocycles. The van der Waals surface area contributed by atoms with Gasteiger partial charge in [0.25, 0.3) is 0 Å². The molecule has 124 valence electrons. The van der Waals surface area contributed by atoms with Crippen molar-refractivity contribution >= 4 is 27.1 Å². The van der Waals surface area contributed by atoms with Gasteiger partial charge in [0.05, 0.1) is 0 Å². The molecule has 1 N–H and O–H groups in total. The van der Waals surface area contributed by atoms with Crippen molar-refractivity contribution in [2.75, 3.05) is 6.54 Å². The number of carbonyl (C=O) groups excluding carboxylic acids is 1. The summed E-state index contributed by atoms with van der Waals surface area (Å²) in [6, 6.07) is 6.68. The monoisotopic (exact) mass is 352 g/mol. The molecule has 1 amide bonds. The largest absolute Gasteiger partial charge is 0.354 e. The fraction of sp³-hybridized carbons (Fsp3) is 0.375. The lowest BCUT2D eigenvalue weighted by Gasteiger charge is -2.22. The number of thiophene rings is 1. The van der Waals surface area contributed by atoms with E-state index in [1.54, 1.807) is 56.6 Å². The zero-order chi connectivity index (χ0) is 17.1. The minimum absolute atomic E-state index is 0.0159. The second-order valence-electron chi connectivity index (χ2n) is 6.21. The van der Waals surface area contributed by atoms with Crippen molar-refractivity contribution < 1.29 is 13.2 Å². The highest BCUT2D eigenvalue weighted by Crippen LogP contribution is 2.31. The van der Waals surface area contributed by atoms with E-state index in [2.05, 4.69) is 10.3 Å². The normalized spacial score (nSPS) is 13.5. The van der Waals surface area contributed by atoms with E-state index in [-0.39, 0.29) is 16.7 Å². The molecular formula is C16H20N2O3S2. The first-order valence-electron chi connectivity index (χ1n) is 7.18. The third-order valence-corrected chi connectivity index (χ3v) is 6.87. The molecule has 0 aromatic carbocycles. The van der Waals surface area contributed by atoms with Crippen LogP contribution >= 0.6 is 11.3 Å². The minimum Gasteiger partial charge on any atom is -0.354 e. The molecule has 0 saturated carbocycles.